The smallest absolute Gasteiger partial charge is 0.322 e. The van der Waals surface area contributed by atoms with Crippen molar-refractivity contribution in [2.24, 2.45) is 5.92 Å². The zero-order valence-electron chi connectivity index (χ0n) is 10.7. The van der Waals surface area contributed by atoms with E-state index in [0.717, 1.165) is 6.42 Å². The second-order valence-electron chi connectivity index (χ2n) is 3.96. The first-order valence-corrected chi connectivity index (χ1v) is 6.25. The molecule has 0 saturated heterocycles. The van der Waals surface area contributed by atoms with Crippen LogP contribution >= 0.6 is 11.6 Å². The highest BCUT2D eigenvalue weighted by Gasteiger charge is 2.13. The Hall–Kier alpha value is -1.10. The summed E-state index contributed by atoms with van der Waals surface area (Å²) in [6, 6.07) is 0.527. The van der Waals surface area contributed by atoms with Crippen LogP contribution in [0.1, 0.15) is 34.1 Å². The molecule has 1 heterocycles. The van der Waals surface area contributed by atoms with E-state index >= 15 is 0 Å². The number of anilines is 1. The van der Waals surface area contributed by atoms with Gasteiger partial charge in [-0.1, -0.05) is 20.3 Å². The Balaban J connectivity index is 2.76. The number of halogens is 1. The molecule has 0 aromatic carbocycles. The Labute approximate surface area is 107 Å². The van der Waals surface area contributed by atoms with E-state index in [0.29, 0.717) is 18.5 Å². The molecule has 6 heteroatoms. The highest BCUT2D eigenvalue weighted by Crippen LogP contribution is 2.15. The van der Waals surface area contributed by atoms with Crippen molar-refractivity contribution < 1.29 is 4.74 Å². The Morgan fingerprint density at radius 1 is 1.24 bits per heavy atom. The van der Waals surface area contributed by atoms with Crippen LogP contribution in [0, 0.1) is 5.92 Å². The van der Waals surface area contributed by atoms with Gasteiger partial charge in [-0.2, -0.15) is 15.0 Å². The lowest BCUT2D eigenvalue weighted by Gasteiger charge is -2.19. The highest BCUT2D eigenvalue weighted by molar-refractivity contribution is 6.28. The predicted octanol–water partition coefficient (Wildman–Crippen LogP) is 2.77. The molecule has 0 fully saturated rings. The largest absolute Gasteiger partial charge is 0.464 e. The first kappa shape index (κ1) is 14.0. The number of hydrogen-bond acceptors (Lipinski definition) is 5. The maximum atomic E-state index is 5.80. The van der Waals surface area contributed by atoms with Gasteiger partial charge < -0.3 is 10.1 Å². The summed E-state index contributed by atoms with van der Waals surface area (Å²) in [5.74, 6) is 0.988. The van der Waals surface area contributed by atoms with Crippen molar-refractivity contribution in [2.45, 2.75) is 40.2 Å². The zero-order valence-corrected chi connectivity index (χ0v) is 11.5. The van der Waals surface area contributed by atoms with Crippen molar-refractivity contribution >= 4 is 17.5 Å². The number of aromatic nitrogens is 3. The van der Waals surface area contributed by atoms with Gasteiger partial charge in [0.1, 0.15) is 0 Å². The number of nitrogens with zero attached hydrogens (tertiary/aromatic N) is 3. The number of nitrogens with one attached hydrogen (secondary N) is 1. The quantitative estimate of drug-likeness (QED) is 0.850. The minimum absolute atomic E-state index is 0.141. The summed E-state index contributed by atoms with van der Waals surface area (Å²) < 4.78 is 5.21. The molecule has 96 valence electrons. The van der Waals surface area contributed by atoms with Gasteiger partial charge in [-0.3, -0.25) is 0 Å². The molecule has 5 nitrogen and oxygen atoms in total. The first-order chi connectivity index (χ1) is 8.06. The topological polar surface area (TPSA) is 59.9 Å². The van der Waals surface area contributed by atoms with E-state index < -0.39 is 0 Å². The van der Waals surface area contributed by atoms with Gasteiger partial charge in [-0.15, -0.1) is 0 Å². The molecule has 0 aliphatic heterocycles. The lowest BCUT2D eigenvalue weighted by Crippen LogP contribution is -2.24. The summed E-state index contributed by atoms with van der Waals surface area (Å²) in [5, 5.41) is 3.35. The van der Waals surface area contributed by atoms with Gasteiger partial charge in [-0.25, -0.2) is 0 Å². The molecule has 1 aromatic heterocycles. The van der Waals surface area contributed by atoms with Gasteiger partial charge in [-0.05, 0) is 31.4 Å². The Kier molecular flexibility index (Phi) is 5.41. The summed E-state index contributed by atoms with van der Waals surface area (Å²) in [4.78, 5) is 12.0. The molecular weight excluding hydrogens is 240 g/mol. The first-order valence-electron chi connectivity index (χ1n) is 5.87. The van der Waals surface area contributed by atoms with E-state index in [1.54, 1.807) is 0 Å². The maximum absolute atomic E-state index is 5.80. The van der Waals surface area contributed by atoms with Crippen molar-refractivity contribution in [2.75, 3.05) is 11.9 Å². The van der Waals surface area contributed by atoms with Gasteiger partial charge in [0.25, 0.3) is 0 Å². The van der Waals surface area contributed by atoms with Gasteiger partial charge in [0.15, 0.2) is 0 Å². The molecule has 17 heavy (non-hydrogen) atoms. The predicted molar refractivity (Wildman–Crippen MR) is 68.5 cm³/mol. The molecule has 0 radical (unpaired) electrons. The third-order valence-electron chi connectivity index (χ3n) is 2.72. The molecule has 0 amide bonds. The van der Waals surface area contributed by atoms with Crippen LogP contribution in [0.3, 0.4) is 0 Å². The molecule has 0 aliphatic carbocycles. The molecule has 0 spiro atoms. The van der Waals surface area contributed by atoms with Gasteiger partial charge in [0.2, 0.25) is 11.2 Å². The van der Waals surface area contributed by atoms with E-state index in [4.69, 9.17) is 16.3 Å². The third kappa shape index (κ3) is 4.34. The summed E-state index contributed by atoms with van der Waals surface area (Å²) in [5.41, 5.74) is 0. The number of hydrogen-bond donors (Lipinski definition) is 1. The van der Waals surface area contributed by atoms with Crippen LogP contribution in [0.4, 0.5) is 5.95 Å². The van der Waals surface area contributed by atoms with Gasteiger partial charge in [0, 0.05) is 6.04 Å². The second-order valence-corrected chi connectivity index (χ2v) is 4.30. The van der Waals surface area contributed by atoms with E-state index in [2.05, 4.69) is 41.0 Å². The number of rotatable bonds is 6. The van der Waals surface area contributed by atoms with E-state index in [1.165, 1.54) is 0 Å². The highest BCUT2D eigenvalue weighted by atomic mass is 35.5. The molecule has 1 aromatic rings. The standard InChI is InChI=1S/C11H19ClN4O/c1-5-7(3)8(4)13-10-14-9(12)15-11(16-10)17-6-2/h7-8H,5-6H2,1-4H3,(H,13,14,15,16). The molecule has 0 aliphatic rings. The lowest BCUT2D eigenvalue weighted by molar-refractivity contribution is 0.311. The maximum Gasteiger partial charge on any atom is 0.322 e. The Morgan fingerprint density at radius 3 is 2.53 bits per heavy atom. The minimum Gasteiger partial charge on any atom is -0.464 e. The van der Waals surface area contributed by atoms with Gasteiger partial charge >= 0.3 is 6.01 Å². The minimum atomic E-state index is 0.141. The fourth-order valence-electron chi connectivity index (χ4n) is 1.29. The van der Waals surface area contributed by atoms with Crippen LogP contribution < -0.4 is 10.1 Å². The van der Waals surface area contributed by atoms with E-state index in [-0.39, 0.29) is 17.3 Å². The molecule has 0 saturated carbocycles. The molecule has 0 bridgehead atoms. The van der Waals surface area contributed by atoms with Crippen molar-refractivity contribution in [3.05, 3.63) is 5.28 Å². The Morgan fingerprint density at radius 2 is 1.94 bits per heavy atom. The zero-order chi connectivity index (χ0) is 12.8. The molecule has 1 rings (SSSR count). The monoisotopic (exact) mass is 258 g/mol. The number of ether oxygens (including phenoxy) is 1. The SMILES string of the molecule is CCOc1nc(Cl)nc(NC(C)C(C)CC)n1. The van der Waals surface area contributed by atoms with Crippen LogP contribution in [0.25, 0.3) is 0 Å². The van der Waals surface area contributed by atoms with Crippen LogP contribution in [-0.4, -0.2) is 27.6 Å². The average molecular weight is 259 g/mol. The normalized spacial score (nSPS) is 14.2. The van der Waals surface area contributed by atoms with E-state index in [1.807, 2.05) is 6.92 Å². The van der Waals surface area contributed by atoms with Crippen LogP contribution in [0.15, 0.2) is 0 Å². The summed E-state index contributed by atoms with van der Waals surface area (Å²) in [6.07, 6.45) is 1.09. The van der Waals surface area contributed by atoms with Crippen LogP contribution in [0.5, 0.6) is 6.01 Å². The molecular formula is C11H19ClN4O. The van der Waals surface area contributed by atoms with Crippen molar-refractivity contribution in [3.63, 3.8) is 0 Å². The fraction of sp³-hybridized carbons (Fsp3) is 0.727. The average Bonchev–Trinajstić information content (AvgIpc) is 2.27. The molecule has 2 unspecified atom stereocenters. The third-order valence-corrected chi connectivity index (χ3v) is 2.88. The van der Waals surface area contributed by atoms with Crippen molar-refractivity contribution in [3.8, 4) is 6.01 Å². The summed E-state index contributed by atoms with van der Waals surface area (Å²) in [6.45, 7) is 8.78. The van der Waals surface area contributed by atoms with Crippen molar-refractivity contribution in [1.82, 2.24) is 15.0 Å². The van der Waals surface area contributed by atoms with Crippen LogP contribution in [-0.2, 0) is 0 Å². The second kappa shape index (κ2) is 6.59. The fourth-order valence-corrected chi connectivity index (χ4v) is 1.44. The van der Waals surface area contributed by atoms with Crippen molar-refractivity contribution in [1.29, 1.82) is 0 Å². The molecule has 1 N–H and O–H groups in total. The summed E-state index contributed by atoms with van der Waals surface area (Å²) in [7, 11) is 0. The van der Waals surface area contributed by atoms with E-state index in [9.17, 15) is 0 Å². The summed E-state index contributed by atoms with van der Waals surface area (Å²) >= 11 is 5.80. The lowest BCUT2D eigenvalue weighted by atomic mass is 10.0. The van der Waals surface area contributed by atoms with Gasteiger partial charge in [0.05, 0.1) is 6.61 Å². The molecule has 2 atom stereocenters. The van der Waals surface area contributed by atoms with Crippen LogP contribution in [0.2, 0.25) is 5.28 Å². The Bertz CT molecular complexity index is 361.